The minimum atomic E-state index is -1.83. The van der Waals surface area contributed by atoms with E-state index >= 15 is 0 Å². The van der Waals surface area contributed by atoms with Crippen molar-refractivity contribution in [2.24, 2.45) is 41.2 Å². The maximum Gasteiger partial charge on any atom is 0.305 e. The molecule has 19 atom stereocenters. The van der Waals surface area contributed by atoms with Crippen molar-refractivity contribution < 1.29 is 125 Å². The average Bonchev–Trinajstić information content (AvgIpc) is 1.66. The number of amides is 22. The molecule has 0 unspecified atom stereocenters. The quantitative estimate of drug-likeness (QED) is 0.0274. The number of H-pyrrole nitrogens is 2. The van der Waals surface area contributed by atoms with Crippen LogP contribution in [0.25, 0.3) is 0 Å². The van der Waals surface area contributed by atoms with Gasteiger partial charge >= 0.3 is 5.97 Å². The van der Waals surface area contributed by atoms with Crippen LogP contribution in [-0.2, 0) is 128 Å². The molecule has 0 bridgehead atoms. The molecule has 3 saturated heterocycles. The van der Waals surface area contributed by atoms with Crippen LogP contribution in [0.4, 0.5) is 0 Å². The van der Waals surface area contributed by atoms with Gasteiger partial charge in [-0.15, -0.1) is 0 Å². The predicted octanol–water partition coefficient (Wildman–Crippen LogP) is -6.52. The number of rotatable bonds is 61. The molecule has 812 valence electrons. The lowest BCUT2D eigenvalue weighted by Crippen LogP contribution is -2.60. The van der Waals surface area contributed by atoms with E-state index in [1.165, 1.54) is 69.5 Å². The Balaban J connectivity index is 1.15. The number of aliphatic hydroxyl groups excluding tert-OH is 1. The number of primary amides is 1. The molecule has 3 aliphatic heterocycles. The lowest BCUT2D eigenvalue weighted by atomic mass is 9.99. The molecule has 146 heavy (non-hydrogen) atoms. The Labute approximate surface area is 846 Å². The molecule has 22 amide bonds. The van der Waals surface area contributed by atoms with Gasteiger partial charge in [-0.1, -0.05) is 90.0 Å². The number of hydrogen-bond donors (Lipinski definition) is 24. The summed E-state index contributed by atoms with van der Waals surface area (Å²) in [5, 5.41) is 67.8. The Morgan fingerprint density at radius 3 is 1.19 bits per heavy atom. The number of aliphatic hydroxyl groups is 1. The maximum absolute atomic E-state index is 14.5. The van der Waals surface area contributed by atoms with Crippen LogP contribution in [0.15, 0.2) is 25.0 Å². The highest BCUT2D eigenvalue weighted by atomic mass is 16.4. The zero-order valence-electron chi connectivity index (χ0n) is 85.9. The number of aromatic amines is 2. The Morgan fingerprint density at radius 1 is 0.404 bits per heavy atom. The van der Waals surface area contributed by atoms with Gasteiger partial charge in [0.25, 0.3) is 0 Å². The number of aldehydes is 1. The number of likely N-dealkylation sites (tertiary alicyclic amines) is 2. The second kappa shape index (κ2) is 59.9. The number of carbonyl (C=O) groups excluding carboxylic acids is 23. The fraction of sp³-hybridized carbons (Fsp3) is 0.681. The zero-order valence-corrected chi connectivity index (χ0v) is 85.9. The first kappa shape index (κ1) is 122. The van der Waals surface area contributed by atoms with Crippen LogP contribution < -0.4 is 107 Å². The van der Waals surface area contributed by atoms with Crippen molar-refractivity contribution in [3.8, 4) is 0 Å². The standard InChI is InChI=1S/C94H150N26O26/c1-18-58(110-88(140)67(36-76(128)129)116-90(142)69-21-20-26-120(69)94(146)68(32-50(12)13)117-91(143)70-22-19-25-119(70)93(145)59-23-24-72(124)107-59)82(134)111-61(29-47(6)7)85(137)112-62(30-48(8)9)86(138)114-64(33-55-37-96-43-101-55)81(133)100-39-73(125)103-51(14)78(130)98-41-75(127)109-66(35-71(95)123)87(139)115-65(34-56-38-97-44-102-56)83(135)105-53(16)80(132)104-52(15)79(131)99-40-74(126)108-60(28-46(4)5)84(136)113-63(31-49(10)11)89(141)118-77(54(17)122)92(144)106-57(42-121)27-45(2)3/h37-38,42-54,57-70,77,122H,18-36,39-41H2,1-17H3,(H2,95,123)(H,96,101)(H,97,102)(H,98,130)(H,99,131)(H,100,133)(H,103,125)(H,104,132)(H,105,135)(H,106,144)(H,107,124)(H,108,126)(H,109,127)(H,110,140)(H,111,134)(H,112,137)(H,113,136)(H,114,138)(H,115,139)(H,116,142)(H,117,143)(H,118,141)(H,128,129)/t51-,52-,53-,54+,57-,58-,59-,60-,61-,62-,63-,64-,65-,66-,67-,68-,69-,70-,77-/m0/s1. The Kier molecular flexibility index (Phi) is 50.2. The largest absolute Gasteiger partial charge is 0.481 e. The second-order valence-electron chi connectivity index (χ2n) is 39.6. The summed E-state index contributed by atoms with van der Waals surface area (Å²) in [6, 6.07) is -24.5. The fourth-order valence-corrected chi connectivity index (χ4v) is 16.4. The van der Waals surface area contributed by atoms with E-state index in [2.05, 4.69) is 121 Å². The molecule has 0 radical (unpaired) electrons. The zero-order chi connectivity index (χ0) is 109. The van der Waals surface area contributed by atoms with Crippen LogP contribution >= 0.6 is 0 Å². The van der Waals surface area contributed by atoms with Gasteiger partial charge in [0.1, 0.15) is 109 Å². The Morgan fingerprint density at radius 2 is 0.767 bits per heavy atom. The molecule has 25 N–H and O–H groups in total. The van der Waals surface area contributed by atoms with Crippen LogP contribution in [0.2, 0.25) is 0 Å². The van der Waals surface area contributed by atoms with E-state index in [0.717, 1.165) is 0 Å². The van der Waals surface area contributed by atoms with E-state index in [9.17, 15) is 125 Å². The minimum Gasteiger partial charge on any atom is -0.481 e. The Bertz CT molecular complexity index is 4880. The summed E-state index contributed by atoms with van der Waals surface area (Å²) >= 11 is 0. The molecule has 0 aromatic carbocycles. The third-order valence-electron chi connectivity index (χ3n) is 23.8. The average molecular weight is 2060 g/mol. The molecule has 2 aromatic heterocycles. The van der Waals surface area contributed by atoms with Crippen molar-refractivity contribution in [2.45, 2.75) is 342 Å². The first-order valence-corrected chi connectivity index (χ1v) is 49.4. The molecule has 0 spiro atoms. The summed E-state index contributed by atoms with van der Waals surface area (Å²) in [4.78, 5) is 342. The third kappa shape index (κ3) is 41.5. The van der Waals surface area contributed by atoms with Crippen LogP contribution in [-0.4, -0.2) is 330 Å². The number of aromatic nitrogens is 4. The lowest BCUT2D eigenvalue weighted by Gasteiger charge is -2.32. The minimum absolute atomic E-state index is 0.0166. The number of carboxylic acid groups (broad SMARTS) is 1. The lowest BCUT2D eigenvalue weighted by molar-refractivity contribution is -0.145. The van der Waals surface area contributed by atoms with E-state index in [1.54, 1.807) is 55.4 Å². The van der Waals surface area contributed by atoms with Gasteiger partial charge in [0.05, 0.1) is 68.7 Å². The van der Waals surface area contributed by atoms with Gasteiger partial charge in [0, 0.05) is 44.7 Å². The van der Waals surface area contributed by atoms with Gasteiger partial charge in [0.2, 0.25) is 130 Å². The van der Waals surface area contributed by atoms with E-state index in [4.69, 9.17) is 5.73 Å². The summed E-state index contributed by atoms with van der Waals surface area (Å²) in [5.74, 6) is -21.9. The van der Waals surface area contributed by atoms with Crippen molar-refractivity contribution in [1.82, 2.24) is 131 Å². The highest BCUT2D eigenvalue weighted by Gasteiger charge is 2.46. The number of nitrogens with two attached hydrogens (primary N) is 1. The smallest absolute Gasteiger partial charge is 0.305 e. The Hall–Kier alpha value is -14.1. The molecule has 5 rings (SSSR count). The number of aliphatic carboxylic acids is 1. The molecule has 52 heteroatoms. The molecular formula is C94H150N26O26. The van der Waals surface area contributed by atoms with Crippen molar-refractivity contribution in [3.63, 3.8) is 0 Å². The molecular weight excluding hydrogens is 1910 g/mol. The topological polar surface area (TPSA) is 769 Å². The van der Waals surface area contributed by atoms with Crippen molar-refractivity contribution in [3.05, 3.63) is 36.4 Å². The molecule has 3 fully saturated rings. The van der Waals surface area contributed by atoms with Gasteiger partial charge < -0.3 is 142 Å². The summed E-state index contributed by atoms with van der Waals surface area (Å²) in [5.41, 5.74) is 5.92. The summed E-state index contributed by atoms with van der Waals surface area (Å²) in [6.07, 6.45) is 3.77. The van der Waals surface area contributed by atoms with Crippen LogP contribution in [0, 0.1) is 35.5 Å². The number of nitrogens with zero attached hydrogens (tertiary/aromatic N) is 4. The first-order valence-electron chi connectivity index (χ1n) is 49.4. The number of hydrogen-bond acceptors (Lipinski definition) is 27. The van der Waals surface area contributed by atoms with Crippen LogP contribution in [0.5, 0.6) is 0 Å². The number of imidazole rings is 2. The highest BCUT2D eigenvalue weighted by Crippen LogP contribution is 2.26. The maximum atomic E-state index is 14.5. The molecule has 3 aliphatic rings. The molecule has 0 aliphatic carbocycles. The second-order valence-corrected chi connectivity index (χ2v) is 39.6. The normalized spacial score (nSPS) is 17.7. The number of carbonyl (C=O) groups is 24. The van der Waals surface area contributed by atoms with Crippen LogP contribution in [0.3, 0.4) is 0 Å². The van der Waals surface area contributed by atoms with E-state index < -0.39 is 277 Å². The van der Waals surface area contributed by atoms with E-state index in [1.807, 2.05) is 27.7 Å². The molecule has 0 saturated carbocycles. The van der Waals surface area contributed by atoms with Gasteiger partial charge in [-0.2, -0.15) is 0 Å². The van der Waals surface area contributed by atoms with Crippen LogP contribution in [0.1, 0.15) is 225 Å². The summed E-state index contributed by atoms with van der Waals surface area (Å²) in [7, 11) is 0. The number of carboxylic acids is 1. The summed E-state index contributed by atoms with van der Waals surface area (Å²) < 4.78 is 0. The molecule has 52 nitrogen and oxygen atoms in total. The summed E-state index contributed by atoms with van der Waals surface area (Å²) in [6.45, 7) is 25.6. The van der Waals surface area contributed by atoms with Crippen molar-refractivity contribution in [1.29, 1.82) is 0 Å². The van der Waals surface area contributed by atoms with Crippen molar-refractivity contribution >= 4 is 142 Å². The van der Waals surface area contributed by atoms with Gasteiger partial charge in [-0.05, 0) is 140 Å². The first-order chi connectivity index (χ1) is 68.6. The van der Waals surface area contributed by atoms with Gasteiger partial charge in [0.15, 0.2) is 0 Å². The molecule has 5 heterocycles. The van der Waals surface area contributed by atoms with Gasteiger partial charge in [-0.25, -0.2) is 9.97 Å². The monoisotopic (exact) mass is 2060 g/mol. The van der Waals surface area contributed by atoms with Gasteiger partial charge in [-0.3, -0.25) is 110 Å². The van der Waals surface area contributed by atoms with E-state index in [-0.39, 0.29) is 143 Å². The highest BCUT2D eigenvalue weighted by molar-refractivity contribution is 6.03. The predicted molar refractivity (Wildman–Crippen MR) is 521 cm³/mol. The van der Waals surface area contributed by atoms with E-state index in [0.29, 0.717) is 25.5 Å². The number of nitrogens with one attached hydrogen (secondary N) is 21. The molecule has 2 aromatic rings. The third-order valence-corrected chi connectivity index (χ3v) is 23.8. The van der Waals surface area contributed by atoms with Crippen molar-refractivity contribution in [2.75, 3.05) is 32.7 Å². The SMILES string of the molecule is CC[C@H](NC(=O)[C@H](CC(=O)O)NC(=O)[C@@H]1CCCN1C(=O)[C@H](CC(C)C)NC(=O)[C@@H]1CCCN1C(=O)[C@@H]1CCC(=O)N1)C(=O)N[C@@H](CC(C)C)C(=O)N[C@@H](CC(C)C)C(=O)N[C@@H](Cc1c[nH]cn1)C(=O)NCC(=O)N[C@@H](C)C(=O)NCC(=O)N[C@@H](CC(N)=O)C(=O)N[C@@H](Cc1c[nH]cn1)C(=O)N[C@@H](C)C(=O)N[C@@H](C)C(=O)NCC(=O)N[C@@H](CC(C)C)C(=O)N[C@@H](CC(C)C)C(=O)N[C@H](C(=O)N[C@H](C=O)CC(C)C)[C@@H](C)O. The fourth-order valence-electron chi connectivity index (χ4n) is 16.4.